The summed E-state index contributed by atoms with van der Waals surface area (Å²) in [5.41, 5.74) is 6.04. The van der Waals surface area contributed by atoms with Crippen molar-refractivity contribution in [2.24, 2.45) is 5.73 Å². The second-order valence-corrected chi connectivity index (χ2v) is 5.64. The van der Waals surface area contributed by atoms with Gasteiger partial charge in [0.25, 0.3) is 5.91 Å². The van der Waals surface area contributed by atoms with E-state index in [9.17, 15) is 14.0 Å². The summed E-state index contributed by atoms with van der Waals surface area (Å²) in [4.78, 5) is 24.3. The number of amides is 2. The lowest BCUT2D eigenvalue weighted by molar-refractivity contribution is -0.117. The molecule has 0 aliphatic carbocycles. The van der Waals surface area contributed by atoms with Gasteiger partial charge >= 0.3 is 0 Å². The first-order chi connectivity index (χ1) is 11.5. The van der Waals surface area contributed by atoms with Gasteiger partial charge in [0.1, 0.15) is 17.4 Å². The molecule has 3 aromatic rings. The van der Waals surface area contributed by atoms with Crippen LogP contribution in [0.5, 0.6) is 0 Å². The summed E-state index contributed by atoms with van der Waals surface area (Å²) in [5, 5.41) is 16.2. The molecular formula is C14H11FN6O2S. The van der Waals surface area contributed by atoms with Crippen molar-refractivity contribution in [1.82, 2.24) is 20.2 Å². The normalized spacial score (nSPS) is 10.5. The van der Waals surface area contributed by atoms with Crippen LogP contribution in [-0.2, 0) is 11.3 Å². The Labute approximate surface area is 139 Å². The van der Waals surface area contributed by atoms with E-state index < -0.39 is 11.8 Å². The van der Waals surface area contributed by atoms with Crippen molar-refractivity contribution in [2.75, 3.05) is 5.32 Å². The number of tetrazole rings is 1. The molecule has 2 aromatic heterocycles. The van der Waals surface area contributed by atoms with Gasteiger partial charge in [-0.2, -0.15) is 4.80 Å². The number of hydrogen-bond acceptors (Lipinski definition) is 6. The fraction of sp³-hybridized carbons (Fsp3) is 0.0714. The summed E-state index contributed by atoms with van der Waals surface area (Å²) >= 11 is 1.19. The molecule has 0 radical (unpaired) electrons. The maximum absolute atomic E-state index is 12.9. The summed E-state index contributed by atoms with van der Waals surface area (Å²) in [5.74, 6) is -1.14. The van der Waals surface area contributed by atoms with Crippen LogP contribution in [0.25, 0.3) is 11.4 Å². The van der Waals surface area contributed by atoms with Gasteiger partial charge in [-0.15, -0.1) is 21.5 Å². The van der Waals surface area contributed by atoms with Crippen LogP contribution in [0.4, 0.5) is 9.39 Å². The molecule has 10 heteroatoms. The van der Waals surface area contributed by atoms with Crippen LogP contribution < -0.4 is 11.1 Å². The Morgan fingerprint density at radius 2 is 2.00 bits per heavy atom. The highest BCUT2D eigenvalue weighted by atomic mass is 32.1. The molecular weight excluding hydrogens is 335 g/mol. The third kappa shape index (κ3) is 3.43. The topological polar surface area (TPSA) is 116 Å². The summed E-state index contributed by atoms with van der Waals surface area (Å²) in [7, 11) is 0. The first-order valence-corrected chi connectivity index (χ1v) is 7.62. The van der Waals surface area contributed by atoms with Crippen LogP contribution in [0, 0.1) is 5.82 Å². The number of benzene rings is 1. The molecule has 122 valence electrons. The average molecular weight is 346 g/mol. The van der Waals surface area contributed by atoms with Gasteiger partial charge in [0, 0.05) is 5.56 Å². The number of primary amides is 1. The van der Waals surface area contributed by atoms with E-state index >= 15 is 0 Å². The first kappa shape index (κ1) is 15.7. The summed E-state index contributed by atoms with van der Waals surface area (Å²) in [6.07, 6.45) is 0. The Morgan fingerprint density at radius 3 is 2.71 bits per heavy atom. The maximum atomic E-state index is 12.9. The highest BCUT2D eigenvalue weighted by molar-refractivity contribution is 7.14. The van der Waals surface area contributed by atoms with E-state index in [1.54, 1.807) is 5.38 Å². The van der Waals surface area contributed by atoms with E-state index in [-0.39, 0.29) is 23.7 Å². The zero-order chi connectivity index (χ0) is 17.1. The number of nitrogens with zero attached hydrogens (tertiary/aromatic N) is 4. The molecule has 3 rings (SSSR count). The third-order valence-electron chi connectivity index (χ3n) is 3.02. The first-order valence-electron chi connectivity index (χ1n) is 6.74. The van der Waals surface area contributed by atoms with Crippen LogP contribution in [0.3, 0.4) is 0 Å². The van der Waals surface area contributed by atoms with Crippen LogP contribution in [0.1, 0.15) is 10.4 Å². The molecule has 0 fully saturated rings. The smallest absolute Gasteiger partial charge is 0.251 e. The monoisotopic (exact) mass is 346 g/mol. The zero-order valence-corrected chi connectivity index (χ0v) is 13.0. The predicted octanol–water partition coefficient (Wildman–Crippen LogP) is 1.28. The molecule has 0 saturated carbocycles. The van der Waals surface area contributed by atoms with Gasteiger partial charge in [-0.1, -0.05) is 0 Å². The van der Waals surface area contributed by atoms with Gasteiger partial charge in [-0.3, -0.25) is 9.59 Å². The van der Waals surface area contributed by atoms with Crippen molar-refractivity contribution >= 4 is 28.2 Å². The summed E-state index contributed by atoms with van der Waals surface area (Å²) < 4.78 is 12.9. The molecule has 24 heavy (non-hydrogen) atoms. The lowest BCUT2D eigenvalue weighted by Gasteiger charge is -2.03. The minimum absolute atomic E-state index is 0.190. The minimum atomic E-state index is -0.621. The van der Waals surface area contributed by atoms with Gasteiger partial charge in [-0.25, -0.2) is 4.39 Å². The Hall–Kier alpha value is -3.14. The number of thiophene rings is 1. The van der Waals surface area contributed by atoms with Gasteiger partial charge in [0.05, 0.1) is 5.56 Å². The standard InChI is InChI=1S/C14H11FN6O2S/c15-9-3-1-8(2-4-9)13-18-20-21(19-13)7-11(22)17-14-10(12(16)23)5-6-24-14/h1-6H,7H2,(H2,16,23)(H,17,22). The second kappa shape index (κ2) is 6.54. The molecule has 2 amide bonds. The molecule has 2 heterocycles. The molecule has 0 atom stereocenters. The molecule has 0 saturated heterocycles. The lowest BCUT2D eigenvalue weighted by atomic mass is 10.2. The van der Waals surface area contributed by atoms with Crippen molar-refractivity contribution < 1.29 is 14.0 Å². The zero-order valence-electron chi connectivity index (χ0n) is 12.1. The molecule has 1 aromatic carbocycles. The van der Waals surface area contributed by atoms with Crippen LogP contribution in [-0.4, -0.2) is 32.0 Å². The fourth-order valence-electron chi connectivity index (χ4n) is 1.92. The number of rotatable bonds is 5. The van der Waals surface area contributed by atoms with Gasteiger partial charge < -0.3 is 11.1 Å². The lowest BCUT2D eigenvalue weighted by Crippen LogP contribution is -2.22. The SMILES string of the molecule is NC(=O)c1ccsc1NC(=O)Cn1nnc(-c2ccc(F)cc2)n1. The molecule has 8 nitrogen and oxygen atoms in total. The molecule has 0 bridgehead atoms. The highest BCUT2D eigenvalue weighted by Crippen LogP contribution is 2.22. The predicted molar refractivity (Wildman–Crippen MR) is 84.7 cm³/mol. The van der Waals surface area contributed by atoms with Crippen LogP contribution in [0.2, 0.25) is 0 Å². The number of carbonyl (C=O) groups is 2. The summed E-state index contributed by atoms with van der Waals surface area (Å²) in [6.45, 7) is -0.190. The van der Waals surface area contributed by atoms with Crippen molar-refractivity contribution in [3.05, 3.63) is 47.1 Å². The van der Waals surface area contributed by atoms with Crippen molar-refractivity contribution in [2.45, 2.75) is 6.54 Å². The fourth-order valence-corrected chi connectivity index (χ4v) is 2.73. The minimum Gasteiger partial charge on any atom is -0.366 e. The number of hydrogen-bond donors (Lipinski definition) is 2. The number of halogens is 1. The van der Waals surface area contributed by atoms with E-state index in [0.717, 1.165) is 4.80 Å². The van der Waals surface area contributed by atoms with Crippen molar-refractivity contribution in [3.8, 4) is 11.4 Å². The van der Waals surface area contributed by atoms with Crippen molar-refractivity contribution in [1.29, 1.82) is 0 Å². The number of nitrogens with one attached hydrogen (secondary N) is 1. The number of nitrogens with two attached hydrogens (primary N) is 1. The maximum Gasteiger partial charge on any atom is 0.251 e. The average Bonchev–Trinajstić information content (AvgIpc) is 3.17. The number of anilines is 1. The third-order valence-corrected chi connectivity index (χ3v) is 3.85. The van der Waals surface area contributed by atoms with Gasteiger partial charge in [0.15, 0.2) is 0 Å². The largest absolute Gasteiger partial charge is 0.366 e. The van der Waals surface area contributed by atoms with E-state index in [4.69, 9.17) is 5.73 Å². The molecule has 0 aliphatic heterocycles. The number of carbonyl (C=O) groups excluding carboxylic acids is 2. The van der Waals surface area contributed by atoms with E-state index in [1.165, 1.54) is 41.7 Å². The quantitative estimate of drug-likeness (QED) is 0.722. The van der Waals surface area contributed by atoms with Crippen LogP contribution in [0.15, 0.2) is 35.7 Å². The molecule has 0 aliphatic rings. The van der Waals surface area contributed by atoms with Gasteiger partial charge in [-0.05, 0) is 40.9 Å². The molecule has 0 spiro atoms. The molecule has 0 unspecified atom stereocenters. The Morgan fingerprint density at radius 1 is 1.25 bits per heavy atom. The second-order valence-electron chi connectivity index (χ2n) is 4.73. The highest BCUT2D eigenvalue weighted by Gasteiger charge is 2.14. The van der Waals surface area contributed by atoms with E-state index in [1.807, 2.05) is 0 Å². The Balaban J connectivity index is 1.68. The van der Waals surface area contributed by atoms with Crippen LogP contribution >= 0.6 is 11.3 Å². The Kier molecular flexibility index (Phi) is 4.29. The Bertz CT molecular complexity index is 889. The van der Waals surface area contributed by atoms with E-state index in [2.05, 4.69) is 20.7 Å². The van der Waals surface area contributed by atoms with Crippen molar-refractivity contribution in [3.63, 3.8) is 0 Å². The number of aromatic nitrogens is 4. The molecule has 3 N–H and O–H groups in total. The van der Waals surface area contributed by atoms with Gasteiger partial charge in [0.2, 0.25) is 11.7 Å². The van der Waals surface area contributed by atoms with E-state index in [0.29, 0.717) is 10.6 Å². The summed E-state index contributed by atoms with van der Waals surface area (Å²) in [6, 6.07) is 7.13.